The normalized spacial score (nSPS) is 15.8. The molecule has 0 spiro atoms. The number of halogens is 1. The fourth-order valence-electron chi connectivity index (χ4n) is 4.20. The van der Waals surface area contributed by atoms with E-state index in [2.05, 4.69) is 47.0 Å². The Morgan fingerprint density at radius 3 is 2.62 bits per heavy atom. The highest BCUT2D eigenvalue weighted by Gasteiger charge is 2.17. The molecule has 2 aromatic carbocycles. The van der Waals surface area contributed by atoms with Gasteiger partial charge in [-0.15, -0.1) is 0 Å². The predicted molar refractivity (Wildman–Crippen MR) is 107 cm³/mol. The summed E-state index contributed by atoms with van der Waals surface area (Å²) in [6, 6.07) is 16.1. The summed E-state index contributed by atoms with van der Waals surface area (Å²) in [5, 5.41) is 1.24. The molecule has 2 nitrogen and oxygen atoms in total. The van der Waals surface area contributed by atoms with Crippen LogP contribution in [-0.2, 0) is 6.54 Å². The van der Waals surface area contributed by atoms with Gasteiger partial charge in [0.05, 0.1) is 0 Å². The van der Waals surface area contributed by atoms with Gasteiger partial charge in [0.2, 0.25) is 0 Å². The maximum Gasteiger partial charge on any atom is 0.123 e. The summed E-state index contributed by atoms with van der Waals surface area (Å²) in [6.07, 6.45) is 9.00. The molecular weight excluding hydrogens is 323 g/mol. The van der Waals surface area contributed by atoms with Crippen LogP contribution in [0.4, 0.5) is 4.39 Å². The summed E-state index contributed by atoms with van der Waals surface area (Å²) in [7, 11) is 2.26. The Bertz CT molecular complexity index is 877. The van der Waals surface area contributed by atoms with E-state index in [4.69, 9.17) is 0 Å². The molecule has 0 saturated heterocycles. The summed E-state index contributed by atoms with van der Waals surface area (Å²) in [4.78, 5) is 2.53. The minimum atomic E-state index is -0.188. The molecule has 1 aliphatic rings. The lowest BCUT2D eigenvalue weighted by molar-refractivity contribution is 0.186. The van der Waals surface area contributed by atoms with Crippen LogP contribution in [-0.4, -0.2) is 29.1 Å². The lowest BCUT2D eigenvalue weighted by Gasteiger charge is -2.31. The second-order valence-electron chi connectivity index (χ2n) is 7.57. The number of aromatic nitrogens is 1. The zero-order chi connectivity index (χ0) is 17.9. The first-order valence-electron chi connectivity index (χ1n) is 9.76. The molecule has 0 radical (unpaired) electrons. The summed E-state index contributed by atoms with van der Waals surface area (Å²) >= 11 is 0. The average Bonchev–Trinajstić information content (AvgIpc) is 3.09. The summed E-state index contributed by atoms with van der Waals surface area (Å²) in [6.45, 7) is 2.06. The molecule has 4 rings (SSSR count). The van der Waals surface area contributed by atoms with Crippen molar-refractivity contribution in [3.05, 3.63) is 60.5 Å². The van der Waals surface area contributed by atoms with Crippen LogP contribution in [0.3, 0.4) is 0 Å². The molecule has 3 heteroatoms. The number of hydrogen-bond donors (Lipinski definition) is 0. The van der Waals surface area contributed by atoms with E-state index in [1.807, 2.05) is 6.07 Å². The molecule has 26 heavy (non-hydrogen) atoms. The van der Waals surface area contributed by atoms with Gasteiger partial charge in [0.25, 0.3) is 0 Å². The van der Waals surface area contributed by atoms with Crippen molar-refractivity contribution in [2.24, 2.45) is 0 Å². The van der Waals surface area contributed by atoms with E-state index in [1.165, 1.54) is 49.1 Å². The molecule has 136 valence electrons. The lowest BCUT2D eigenvalue weighted by atomic mass is 9.94. The molecule has 0 bridgehead atoms. The molecule has 1 fully saturated rings. The van der Waals surface area contributed by atoms with Gasteiger partial charge in [-0.1, -0.05) is 43.5 Å². The average molecular weight is 350 g/mol. The molecule has 0 unspecified atom stereocenters. The third-order valence-corrected chi connectivity index (χ3v) is 5.82. The minimum Gasteiger partial charge on any atom is -0.346 e. The lowest BCUT2D eigenvalue weighted by Crippen LogP contribution is -2.35. The van der Waals surface area contributed by atoms with E-state index in [0.717, 1.165) is 30.3 Å². The number of likely N-dealkylation sites (N-methyl/N-ethyl adjacent to an activating group) is 1. The highest BCUT2D eigenvalue weighted by molar-refractivity contribution is 5.85. The van der Waals surface area contributed by atoms with Gasteiger partial charge in [0.1, 0.15) is 5.82 Å². The Balaban J connectivity index is 1.53. The first-order valence-corrected chi connectivity index (χ1v) is 9.76. The van der Waals surface area contributed by atoms with Crippen molar-refractivity contribution in [1.29, 1.82) is 0 Å². The maximum absolute atomic E-state index is 13.6. The zero-order valence-corrected chi connectivity index (χ0v) is 15.5. The van der Waals surface area contributed by atoms with E-state index in [0.29, 0.717) is 0 Å². The standard InChI is InChI=1S/C23H27FN2/c1-25(22-8-3-2-4-9-22)14-15-26-13-12-18-10-11-20(17-23(18)26)19-6-5-7-21(24)16-19/h5-7,10-13,16-17,22H,2-4,8-9,14-15H2,1H3. The zero-order valence-electron chi connectivity index (χ0n) is 15.5. The first kappa shape index (κ1) is 17.3. The van der Waals surface area contributed by atoms with Crippen molar-refractivity contribution in [1.82, 2.24) is 9.47 Å². The molecule has 1 heterocycles. The third-order valence-electron chi connectivity index (χ3n) is 5.82. The smallest absolute Gasteiger partial charge is 0.123 e. The minimum absolute atomic E-state index is 0.188. The fourth-order valence-corrected chi connectivity index (χ4v) is 4.20. The number of benzene rings is 2. The summed E-state index contributed by atoms with van der Waals surface area (Å²) in [5.41, 5.74) is 3.22. The van der Waals surface area contributed by atoms with Gasteiger partial charge < -0.3 is 9.47 Å². The van der Waals surface area contributed by atoms with Gasteiger partial charge in [-0.25, -0.2) is 4.39 Å². The van der Waals surface area contributed by atoms with Gasteiger partial charge in [0.15, 0.2) is 0 Å². The molecule has 0 atom stereocenters. The number of fused-ring (bicyclic) bond motifs is 1. The van der Waals surface area contributed by atoms with Crippen LogP contribution in [0.5, 0.6) is 0 Å². The van der Waals surface area contributed by atoms with Gasteiger partial charge in [-0.05, 0) is 60.7 Å². The maximum atomic E-state index is 13.6. The van der Waals surface area contributed by atoms with E-state index < -0.39 is 0 Å². The number of nitrogens with zero attached hydrogens (tertiary/aromatic N) is 2. The quantitative estimate of drug-likeness (QED) is 0.572. The van der Waals surface area contributed by atoms with Gasteiger partial charge in [-0.3, -0.25) is 0 Å². The Hall–Kier alpha value is -2.13. The second kappa shape index (κ2) is 7.63. The third kappa shape index (κ3) is 3.68. The van der Waals surface area contributed by atoms with Crippen molar-refractivity contribution in [3.8, 4) is 11.1 Å². The molecule has 1 aliphatic carbocycles. The Morgan fingerprint density at radius 1 is 1.00 bits per heavy atom. The molecule has 0 aliphatic heterocycles. The number of hydrogen-bond acceptors (Lipinski definition) is 1. The Kier molecular flexibility index (Phi) is 5.07. The van der Waals surface area contributed by atoms with E-state index in [9.17, 15) is 4.39 Å². The summed E-state index contributed by atoms with van der Waals surface area (Å²) in [5.74, 6) is -0.188. The van der Waals surface area contributed by atoms with Crippen LogP contribution in [0.15, 0.2) is 54.7 Å². The highest BCUT2D eigenvalue weighted by atomic mass is 19.1. The van der Waals surface area contributed by atoms with Crippen molar-refractivity contribution in [2.75, 3.05) is 13.6 Å². The van der Waals surface area contributed by atoms with Gasteiger partial charge in [0, 0.05) is 30.8 Å². The first-order chi connectivity index (χ1) is 12.7. The van der Waals surface area contributed by atoms with E-state index in [1.54, 1.807) is 12.1 Å². The van der Waals surface area contributed by atoms with E-state index >= 15 is 0 Å². The molecule has 1 saturated carbocycles. The van der Waals surface area contributed by atoms with Crippen LogP contribution in [0, 0.1) is 5.82 Å². The second-order valence-corrected chi connectivity index (χ2v) is 7.57. The largest absolute Gasteiger partial charge is 0.346 e. The van der Waals surface area contributed by atoms with Gasteiger partial charge in [-0.2, -0.15) is 0 Å². The molecule has 0 amide bonds. The van der Waals surface area contributed by atoms with Crippen molar-refractivity contribution < 1.29 is 4.39 Å². The topological polar surface area (TPSA) is 8.17 Å². The van der Waals surface area contributed by atoms with Crippen LogP contribution in [0.25, 0.3) is 22.0 Å². The molecule has 3 aromatic rings. The molecule has 0 N–H and O–H groups in total. The van der Waals surface area contributed by atoms with E-state index in [-0.39, 0.29) is 5.82 Å². The van der Waals surface area contributed by atoms with Crippen LogP contribution < -0.4 is 0 Å². The van der Waals surface area contributed by atoms with Crippen LogP contribution >= 0.6 is 0 Å². The fraction of sp³-hybridized carbons (Fsp3) is 0.391. The predicted octanol–water partition coefficient (Wildman–Crippen LogP) is 5.71. The van der Waals surface area contributed by atoms with Crippen LogP contribution in [0.1, 0.15) is 32.1 Å². The Labute approximate surface area is 155 Å². The molecular formula is C23H27FN2. The highest BCUT2D eigenvalue weighted by Crippen LogP contribution is 2.26. The monoisotopic (exact) mass is 350 g/mol. The number of rotatable bonds is 5. The SMILES string of the molecule is CN(CCn1ccc2ccc(-c3cccc(F)c3)cc21)C1CCCCC1. The van der Waals surface area contributed by atoms with Gasteiger partial charge >= 0.3 is 0 Å². The molecule has 1 aromatic heterocycles. The summed E-state index contributed by atoms with van der Waals surface area (Å²) < 4.78 is 15.9. The Morgan fingerprint density at radius 2 is 1.81 bits per heavy atom. The van der Waals surface area contributed by atoms with Crippen molar-refractivity contribution >= 4 is 10.9 Å². The van der Waals surface area contributed by atoms with Crippen LogP contribution in [0.2, 0.25) is 0 Å². The van der Waals surface area contributed by atoms with Crippen molar-refractivity contribution in [2.45, 2.75) is 44.7 Å². The van der Waals surface area contributed by atoms with Crippen molar-refractivity contribution in [3.63, 3.8) is 0 Å².